The number of hydrogen-bond donors (Lipinski definition) is 2. The van der Waals surface area contributed by atoms with Gasteiger partial charge in [0.15, 0.2) is 0 Å². The molecule has 0 fully saturated rings. The maximum absolute atomic E-state index is 15.2. The predicted octanol–water partition coefficient (Wildman–Crippen LogP) is 8.91. The number of rotatable bonds is 16. The summed E-state index contributed by atoms with van der Waals surface area (Å²) in [6, 6.07) is 14.2. The van der Waals surface area contributed by atoms with E-state index in [2.05, 4.69) is 0 Å². The molecule has 0 aliphatic rings. The zero-order valence-electron chi connectivity index (χ0n) is 28.6. The third-order valence-electron chi connectivity index (χ3n) is 8.25. The van der Waals surface area contributed by atoms with Crippen molar-refractivity contribution in [2.45, 2.75) is 54.4 Å². The minimum atomic E-state index is -8.52. The number of ether oxygens (including phenoxy) is 2. The summed E-state index contributed by atoms with van der Waals surface area (Å²) in [5.41, 5.74) is 5.13. The molecule has 0 aliphatic heterocycles. The summed E-state index contributed by atoms with van der Waals surface area (Å²) in [5.74, 6) is -54.8. The molecule has 0 aromatic heterocycles. The molecular formula is C33H26F18N2O5. The molecule has 3 N–H and O–H groups in total. The quantitative estimate of drug-likeness (QED) is 0.0663. The highest BCUT2D eigenvalue weighted by atomic mass is 19.4. The number of amides is 1. The van der Waals surface area contributed by atoms with Crippen LogP contribution in [0.4, 0.5) is 79.0 Å². The van der Waals surface area contributed by atoms with Gasteiger partial charge in [-0.2, -0.15) is 79.0 Å². The molecule has 4 aromatic rings. The van der Waals surface area contributed by atoms with Crippen LogP contribution in [0.1, 0.15) is 5.56 Å². The van der Waals surface area contributed by atoms with Crippen molar-refractivity contribution in [1.29, 1.82) is 0 Å². The second-order valence-corrected chi connectivity index (χ2v) is 12.1. The van der Waals surface area contributed by atoms with Crippen molar-refractivity contribution in [3.05, 3.63) is 60.2 Å². The summed E-state index contributed by atoms with van der Waals surface area (Å²) in [7, 11) is 0. The van der Waals surface area contributed by atoms with E-state index in [1.165, 1.54) is 18.2 Å². The normalized spacial score (nSPS) is 13.9. The van der Waals surface area contributed by atoms with Gasteiger partial charge in [-0.25, -0.2) is 4.79 Å². The maximum Gasteiger partial charge on any atom is 0.490 e. The number of nitrogens with two attached hydrogens (primary N) is 1. The average Bonchev–Trinajstić information content (AvgIpc) is 3.12. The van der Waals surface area contributed by atoms with E-state index in [1.807, 2.05) is 0 Å². The van der Waals surface area contributed by atoms with Crippen LogP contribution in [0.3, 0.4) is 0 Å². The monoisotopic (exact) mass is 872 g/mol. The molecule has 25 heteroatoms. The van der Waals surface area contributed by atoms with Crippen molar-refractivity contribution in [1.82, 2.24) is 4.90 Å². The first-order chi connectivity index (χ1) is 26.3. The Morgan fingerprint density at radius 1 is 0.569 bits per heavy atom. The molecule has 58 heavy (non-hydrogen) atoms. The lowest BCUT2D eigenvalue weighted by molar-refractivity contribution is -0.449. The van der Waals surface area contributed by atoms with Crippen LogP contribution in [0.5, 0.6) is 0 Å². The van der Waals surface area contributed by atoms with Crippen LogP contribution in [-0.4, -0.2) is 109 Å². The summed E-state index contributed by atoms with van der Waals surface area (Å²) in [6.07, 6.45) is -12.8. The number of benzene rings is 4. The third-order valence-corrected chi connectivity index (χ3v) is 8.25. The van der Waals surface area contributed by atoms with Crippen LogP contribution in [0, 0.1) is 0 Å². The second kappa shape index (κ2) is 16.6. The van der Waals surface area contributed by atoms with E-state index in [9.17, 15) is 75.0 Å². The number of alkyl halides is 18. The molecule has 0 heterocycles. The van der Waals surface area contributed by atoms with E-state index in [0.717, 1.165) is 0 Å². The number of hydrogen-bond acceptors (Lipinski definition) is 5. The van der Waals surface area contributed by atoms with Gasteiger partial charge in [0.1, 0.15) is 0 Å². The van der Waals surface area contributed by atoms with Crippen LogP contribution in [-0.2, 0) is 25.6 Å². The Morgan fingerprint density at radius 3 is 1.48 bits per heavy atom. The second-order valence-electron chi connectivity index (χ2n) is 12.1. The Kier molecular flexibility index (Phi) is 13.7. The summed E-state index contributed by atoms with van der Waals surface area (Å²) in [6.45, 7) is -3.55. The Labute approximate surface area is 312 Å². The van der Waals surface area contributed by atoms with Crippen LogP contribution in [0.15, 0.2) is 54.6 Å². The first-order valence-corrected chi connectivity index (χ1v) is 15.8. The van der Waals surface area contributed by atoms with Crippen LogP contribution >= 0.6 is 0 Å². The largest absolute Gasteiger partial charge is 0.490 e. The van der Waals surface area contributed by atoms with E-state index in [-0.39, 0.29) is 42.2 Å². The average molecular weight is 873 g/mol. The van der Waals surface area contributed by atoms with Crippen molar-refractivity contribution in [3.8, 4) is 0 Å². The molecule has 324 valence electrons. The lowest BCUT2D eigenvalue weighted by atomic mass is 9.90. The maximum atomic E-state index is 15.2. The standard InChI is InChI=1S/C31H25F15N2O3.C2HF3O2/c32-25(33,26(34,35)27(36,37)28(38,39)29(40,41)30(42,43)31(44,45)46)24(49)48(11-13-51-15-14-50-12-10-47)16-20-7-6-19-5-4-17-2-1-3-18-8-9-21(20)23(19)22(17)18;3-2(4,5)1(6)7/h1-9H,10-16,47H2;(H,6,7). The molecule has 4 rings (SSSR count). The molecule has 0 radical (unpaired) electrons. The molecule has 0 saturated carbocycles. The molecule has 1 amide bonds. The summed E-state index contributed by atoms with van der Waals surface area (Å²) in [4.78, 5) is 21.6. The highest BCUT2D eigenvalue weighted by molar-refractivity contribution is 6.23. The Hall–Kier alpha value is -4.52. The fourth-order valence-electron chi connectivity index (χ4n) is 5.27. The van der Waals surface area contributed by atoms with Gasteiger partial charge < -0.3 is 25.2 Å². The first kappa shape index (κ1) is 47.9. The van der Waals surface area contributed by atoms with Crippen molar-refractivity contribution in [2.75, 3.05) is 39.5 Å². The van der Waals surface area contributed by atoms with Gasteiger partial charge in [-0.15, -0.1) is 0 Å². The SMILES string of the molecule is NCCOCCOCCN(Cc1ccc2ccc3cccc4ccc1c2c34)C(=O)C(F)(F)C(F)(F)C(F)(F)C(F)(F)C(F)(F)C(F)(F)C(F)(F)F.O=C(O)C(F)(F)F. The van der Waals surface area contributed by atoms with Gasteiger partial charge in [0.25, 0.3) is 5.91 Å². The molecule has 0 unspecified atom stereocenters. The first-order valence-electron chi connectivity index (χ1n) is 15.8. The van der Waals surface area contributed by atoms with Crippen LogP contribution in [0.2, 0.25) is 0 Å². The fraction of sp³-hybridized carbons (Fsp3) is 0.455. The molecular weight excluding hydrogens is 846 g/mol. The topological polar surface area (TPSA) is 102 Å². The minimum Gasteiger partial charge on any atom is -0.475 e. The lowest BCUT2D eigenvalue weighted by Gasteiger charge is -2.41. The van der Waals surface area contributed by atoms with E-state index >= 15 is 8.78 Å². The zero-order chi connectivity index (χ0) is 44.5. The van der Waals surface area contributed by atoms with Gasteiger partial charge in [0.05, 0.1) is 26.4 Å². The lowest BCUT2D eigenvalue weighted by Crippen LogP contribution is -2.74. The van der Waals surface area contributed by atoms with Gasteiger partial charge in [-0.05, 0) is 37.9 Å². The van der Waals surface area contributed by atoms with E-state index in [1.54, 1.807) is 36.4 Å². The number of aliphatic carboxylic acids is 1. The third kappa shape index (κ3) is 8.60. The van der Waals surface area contributed by atoms with Crippen molar-refractivity contribution >= 4 is 44.2 Å². The van der Waals surface area contributed by atoms with Gasteiger partial charge in [0, 0.05) is 19.6 Å². The number of nitrogens with zero attached hydrogens (tertiary/aromatic N) is 1. The van der Waals surface area contributed by atoms with Crippen molar-refractivity contribution in [2.24, 2.45) is 5.73 Å². The van der Waals surface area contributed by atoms with E-state index < -0.39 is 79.5 Å². The Balaban J connectivity index is 0.00000117. The minimum absolute atomic E-state index is 0.0384. The van der Waals surface area contributed by atoms with Gasteiger partial charge in [-0.1, -0.05) is 54.6 Å². The zero-order valence-corrected chi connectivity index (χ0v) is 28.6. The number of halogens is 18. The van der Waals surface area contributed by atoms with E-state index in [4.69, 9.17) is 25.1 Å². The van der Waals surface area contributed by atoms with Crippen molar-refractivity contribution in [3.63, 3.8) is 0 Å². The molecule has 0 bridgehead atoms. The van der Waals surface area contributed by atoms with Gasteiger partial charge in [-0.3, -0.25) is 4.79 Å². The smallest absolute Gasteiger partial charge is 0.475 e. The summed E-state index contributed by atoms with van der Waals surface area (Å²) in [5, 5.41) is 10.4. The highest BCUT2D eigenvalue weighted by Crippen LogP contribution is 2.62. The molecule has 0 saturated heterocycles. The molecule has 0 atom stereocenters. The van der Waals surface area contributed by atoms with Crippen molar-refractivity contribution < 1.29 is 103 Å². The van der Waals surface area contributed by atoms with Gasteiger partial charge >= 0.3 is 53.9 Å². The molecule has 0 aliphatic carbocycles. The Morgan fingerprint density at radius 2 is 1.00 bits per heavy atom. The molecule has 0 spiro atoms. The number of carboxylic acid groups (broad SMARTS) is 1. The summed E-state index contributed by atoms with van der Waals surface area (Å²) < 4.78 is 250. The van der Waals surface area contributed by atoms with Gasteiger partial charge in [0.2, 0.25) is 0 Å². The molecule has 4 aromatic carbocycles. The fourth-order valence-corrected chi connectivity index (χ4v) is 5.27. The summed E-state index contributed by atoms with van der Waals surface area (Å²) >= 11 is 0. The van der Waals surface area contributed by atoms with Crippen LogP contribution in [0.25, 0.3) is 32.3 Å². The highest BCUT2D eigenvalue weighted by Gasteiger charge is 2.94. The molecule has 7 nitrogen and oxygen atoms in total. The number of carbonyl (C=O) groups excluding carboxylic acids is 1. The Bertz CT molecular complexity index is 2040. The van der Waals surface area contributed by atoms with Crippen LogP contribution < -0.4 is 5.73 Å². The van der Waals surface area contributed by atoms with E-state index in [0.29, 0.717) is 26.9 Å². The number of carbonyl (C=O) groups is 2. The predicted molar refractivity (Wildman–Crippen MR) is 166 cm³/mol. The number of carboxylic acids is 1.